The van der Waals surface area contributed by atoms with Crippen LogP contribution in [-0.2, 0) is 4.74 Å². The molecule has 0 saturated carbocycles. The van der Waals surface area contributed by atoms with Crippen molar-refractivity contribution in [3.8, 4) is 11.5 Å². The van der Waals surface area contributed by atoms with Crippen molar-refractivity contribution in [2.24, 2.45) is 0 Å². The van der Waals surface area contributed by atoms with E-state index in [2.05, 4.69) is 10.9 Å². The van der Waals surface area contributed by atoms with Crippen molar-refractivity contribution in [1.82, 2.24) is 10.9 Å². The van der Waals surface area contributed by atoms with Gasteiger partial charge in [0.05, 0.1) is 7.11 Å². The SMILES string of the molecule is COc1cc(C(C)NNC(=O)OC(C)(C)C)ccc1O. The van der Waals surface area contributed by atoms with E-state index in [9.17, 15) is 9.90 Å². The van der Waals surface area contributed by atoms with Crippen molar-refractivity contribution < 1.29 is 19.4 Å². The number of hydrogen-bond donors (Lipinski definition) is 3. The van der Waals surface area contributed by atoms with Crippen LogP contribution >= 0.6 is 0 Å². The molecule has 6 nitrogen and oxygen atoms in total. The van der Waals surface area contributed by atoms with Gasteiger partial charge >= 0.3 is 6.09 Å². The Labute approximate surface area is 119 Å². The van der Waals surface area contributed by atoms with Crippen LogP contribution in [0.15, 0.2) is 18.2 Å². The topological polar surface area (TPSA) is 79.8 Å². The second-order valence-electron chi connectivity index (χ2n) is 5.42. The maximum absolute atomic E-state index is 11.5. The molecule has 6 heteroatoms. The molecule has 1 unspecified atom stereocenters. The van der Waals surface area contributed by atoms with E-state index in [1.54, 1.807) is 39.0 Å². The summed E-state index contributed by atoms with van der Waals surface area (Å²) in [5.41, 5.74) is 5.62. The summed E-state index contributed by atoms with van der Waals surface area (Å²) < 4.78 is 10.1. The van der Waals surface area contributed by atoms with Crippen LogP contribution < -0.4 is 15.6 Å². The summed E-state index contributed by atoms with van der Waals surface area (Å²) in [6.45, 7) is 7.24. The van der Waals surface area contributed by atoms with E-state index in [4.69, 9.17) is 9.47 Å². The van der Waals surface area contributed by atoms with E-state index in [-0.39, 0.29) is 11.8 Å². The molecule has 20 heavy (non-hydrogen) atoms. The Bertz CT molecular complexity index is 469. The van der Waals surface area contributed by atoms with Crippen molar-refractivity contribution >= 4 is 6.09 Å². The van der Waals surface area contributed by atoms with Gasteiger partial charge in [0.1, 0.15) is 5.60 Å². The van der Waals surface area contributed by atoms with E-state index in [0.29, 0.717) is 5.75 Å². The monoisotopic (exact) mass is 282 g/mol. The summed E-state index contributed by atoms with van der Waals surface area (Å²) in [5, 5.41) is 9.53. The molecular weight excluding hydrogens is 260 g/mol. The van der Waals surface area contributed by atoms with Gasteiger partial charge in [0.15, 0.2) is 11.5 Å². The number of hydrogen-bond acceptors (Lipinski definition) is 5. The first-order valence-corrected chi connectivity index (χ1v) is 6.34. The minimum Gasteiger partial charge on any atom is -0.504 e. The standard InChI is InChI=1S/C14H22N2O4/c1-9(15-16-13(18)20-14(2,3)4)10-6-7-11(17)12(8-10)19-5/h6-9,15,17H,1-5H3,(H,16,18). The van der Waals surface area contributed by atoms with Crippen LogP contribution in [0.3, 0.4) is 0 Å². The van der Waals surface area contributed by atoms with Crippen LogP contribution in [0.5, 0.6) is 11.5 Å². The number of benzene rings is 1. The van der Waals surface area contributed by atoms with Gasteiger partial charge in [0, 0.05) is 6.04 Å². The Hall–Kier alpha value is -1.95. The maximum atomic E-state index is 11.5. The largest absolute Gasteiger partial charge is 0.504 e. The fraction of sp³-hybridized carbons (Fsp3) is 0.500. The molecule has 0 fully saturated rings. The van der Waals surface area contributed by atoms with Gasteiger partial charge < -0.3 is 14.6 Å². The highest BCUT2D eigenvalue weighted by Crippen LogP contribution is 2.28. The van der Waals surface area contributed by atoms with Gasteiger partial charge in [-0.3, -0.25) is 5.43 Å². The van der Waals surface area contributed by atoms with Crippen LogP contribution in [0.2, 0.25) is 0 Å². The fourth-order valence-electron chi connectivity index (χ4n) is 1.52. The summed E-state index contributed by atoms with van der Waals surface area (Å²) in [6, 6.07) is 4.81. The summed E-state index contributed by atoms with van der Waals surface area (Å²) in [5.74, 6) is 0.456. The number of carbonyl (C=O) groups is 1. The van der Waals surface area contributed by atoms with Crippen molar-refractivity contribution in [2.75, 3.05) is 7.11 Å². The first kappa shape index (κ1) is 16.1. The number of amides is 1. The lowest BCUT2D eigenvalue weighted by atomic mass is 10.1. The zero-order valence-corrected chi connectivity index (χ0v) is 12.5. The lowest BCUT2D eigenvalue weighted by molar-refractivity contribution is 0.0489. The predicted octanol–water partition coefficient (Wildman–Crippen LogP) is 2.49. The zero-order chi connectivity index (χ0) is 15.3. The van der Waals surface area contributed by atoms with Gasteiger partial charge in [-0.1, -0.05) is 6.07 Å². The second-order valence-corrected chi connectivity index (χ2v) is 5.42. The molecular formula is C14H22N2O4. The molecule has 1 amide bonds. The molecule has 112 valence electrons. The van der Waals surface area contributed by atoms with Gasteiger partial charge in [-0.2, -0.15) is 0 Å². The number of methoxy groups -OCH3 is 1. The maximum Gasteiger partial charge on any atom is 0.422 e. The molecule has 0 saturated heterocycles. The minimum absolute atomic E-state index is 0.0727. The number of carbonyl (C=O) groups excluding carboxylic acids is 1. The Morgan fingerprint density at radius 2 is 2.00 bits per heavy atom. The molecule has 0 aromatic heterocycles. The van der Waals surface area contributed by atoms with Crippen molar-refractivity contribution in [3.63, 3.8) is 0 Å². The van der Waals surface area contributed by atoms with Crippen LogP contribution in [-0.4, -0.2) is 23.9 Å². The fourth-order valence-corrected chi connectivity index (χ4v) is 1.52. The smallest absolute Gasteiger partial charge is 0.422 e. The quantitative estimate of drug-likeness (QED) is 0.739. The van der Waals surface area contributed by atoms with Crippen molar-refractivity contribution in [1.29, 1.82) is 0 Å². The Balaban J connectivity index is 2.59. The lowest BCUT2D eigenvalue weighted by Gasteiger charge is -2.21. The van der Waals surface area contributed by atoms with Crippen LogP contribution in [0.4, 0.5) is 4.79 Å². The zero-order valence-electron chi connectivity index (χ0n) is 12.5. The van der Waals surface area contributed by atoms with Gasteiger partial charge in [-0.15, -0.1) is 0 Å². The highest BCUT2D eigenvalue weighted by atomic mass is 16.6. The molecule has 0 aliphatic heterocycles. The van der Waals surface area contributed by atoms with Crippen molar-refractivity contribution in [2.45, 2.75) is 39.3 Å². The molecule has 0 heterocycles. The van der Waals surface area contributed by atoms with Gasteiger partial charge in [0.2, 0.25) is 0 Å². The third-order valence-corrected chi connectivity index (χ3v) is 2.49. The third kappa shape index (κ3) is 4.97. The van der Waals surface area contributed by atoms with E-state index < -0.39 is 11.7 Å². The molecule has 0 aliphatic rings. The predicted molar refractivity (Wildman–Crippen MR) is 75.6 cm³/mol. The van der Waals surface area contributed by atoms with E-state index in [0.717, 1.165) is 5.56 Å². The van der Waals surface area contributed by atoms with Gasteiger partial charge in [0.25, 0.3) is 0 Å². The molecule has 0 radical (unpaired) electrons. The van der Waals surface area contributed by atoms with Crippen molar-refractivity contribution in [3.05, 3.63) is 23.8 Å². The highest BCUT2D eigenvalue weighted by Gasteiger charge is 2.17. The van der Waals surface area contributed by atoms with E-state index in [1.165, 1.54) is 7.11 Å². The molecule has 1 aromatic carbocycles. The average Bonchev–Trinajstić information content (AvgIpc) is 2.34. The summed E-state index contributed by atoms with van der Waals surface area (Å²) in [6.07, 6.45) is -0.546. The number of phenols is 1. The molecule has 3 N–H and O–H groups in total. The molecule has 1 rings (SSSR count). The van der Waals surface area contributed by atoms with Gasteiger partial charge in [-0.25, -0.2) is 10.2 Å². The normalized spacial score (nSPS) is 12.7. The van der Waals surface area contributed by atoms with Crippen LogP contribution in [0.1, 0.15) is 39.3 Å². The number of ether oxygens (including phenoxy) is 2. The van der Waals surface area contributed by atoms with Crippen LogP contribution in [0.25, 0.3) is 0 Å². The average molecular weight is 282 g/mol. The van der Waals surface area contributed by atoms with Crippen LogP contribution in [0, 0.1) is 0 Å². The number of nitrogens with one attached hydrogen (secondary N) is 2. The molecule has 0 aliphatic carbocycles. The first-order valence-electron chi connectivity index (χ1n) is 6.34. The number of rotatable bonds is 4. The molecule has 1 atom stereocenters. The summed E-state index contributed by atoms with van der Waals surface area (Å²) in [7, 11) is 1.48. The summed E-state index contributed by atoms with van der Waals surface area (Å²) in [4.78, 5) is 11.5. The Kier molecular flexibility index (Phi) is 5.21. The number of hydrazine groups is 1. The number of phenolic OH excluding ortho intramolecular Hbond substituents is 1. The third-order valence-electron chi connectivity index (χ3n) is 2.49. The van der Waals surface area contributed by atoms with E-state index >= 15 is 0 Å². The van der Waals surface area contributed by atoms with E-state index in [1.807, 2.05) is 6.92 Å². The van der Waals surface area contributed by atoms with Gasteiger partial charge in [-0.05, 0) is 45.4 Å². The molecule has 1 aromatic rings. The first-order chi connectivity index (χ1) is 9.23. The lowest BCUT2D eigenvalue weighted by Crippen LogP contribution is -2.42. The second kappa shape index (κ2) is 6.47. The highest BCUT2D eigenvalue weighted by molar-refractivity contribution is 5.67. The molecule has 0 bridgehead atoms. The Morgan fingerprint density at radius 3 is 2.55 bits per heavy atom. The Morgan fingerprint density at radius 1 is 1.35 bits per heavy atom. The summed E-state index contributed by atoms with van der Waals surface area (Å²) >= 11 is 0. The number of aromatic hydroxyl groups is 1. The minimum atomic E-state index is -0.546. The molecule has 0 spiro atoms.